The molecule has 0 heterocycles. The van der Waals surface area contributed by atoms with Crippen LogP contribution in [0.25, 0.3) is 0 Å². The zero-order chi connectivity index (χ0) is 15.1. The highest BCUT2D eigenvalue weighted by molar-refractivity contribution is 7.90. The van der Waals surface area contributed by atoms with Crippen molar-refractivity contribution in [3.05, 3.63) is 0 Å². The first-order chi connectivity index (χ1) is 8.57. The number of amides is 1. The Hall–Kier alpha value is -0.660. The molecular formula is C12H26N2O4S. The van der Waals surface area contributed by atoms with E-state index in [9.17, 15) is 13.2 Å². The first kappa shape index (κ1) is 18.3. The van der Waals surface area contributed by atoms with Gasteiger partial charge in [-0.05, 0) is 24.7 Å². The van der Waals surface area contributed by atoms with Crippen molar-refractivity contribution in [3.63, 3.8) is 0 Å². The lowest BCUT2D eigenvalue weighted by molar-refractivity contribution is -0.122. The van der Waals surface area contributed by atoms with Gasteiger partial charge in [-0.25, -0.2) is 8.42 Å². The van der Waals surface area contributed by atoms with Crippen molar-refractivity contribution in [2.24, 2.45) is 11.1 Å². The third-order valence-electron chi connectivity index (χ3n) is 2.89. The minimum Gasteiger partial charge on any atom is -0.396 e. The normalized spacial score (nSPS) is 14.2. The Morgan fingerprint density at radius 1 is 1.42 bits per heavy atom. The van der Waals surface area contributed by atoms with E-state index in [-0.39, 0.29) is 30.1 Å². The molecule has 0 rings (SSSR count). The average molecular weight is 294 g/mol. The first-order valence-electron chi connectivity index (χ1n) is 6.39. The van der Waals surface area contributed by atoms with E-state index in [0.717, 1.165) is 12.7 Å². The smallest absolute Gasteiger partial charge is 0.236 e. The summed E-state index contributed by atoms with van der Waals surface area (Å²) in [6, 6.07) is -0.802. The number of hydrogen-bond donors (Lipinski definition) is 3. The average Bonchev–Trinajstić information content (AvgIpc) is 2.29. The van der Waals surface area contributed by atoms with Gasteiger partial charge in [-0.2, -0.15) is 0 Å². The zero-order valence-corrected chi connectivity index (χ0v) is 12.8. The second kappa shape index (κ2) is 7.81. The molecule has 0 aromatic carbocycles. The van der Waals surface area contributed by atoms with E-state index in [0.29, 0.717) is 13.0 Å². The first-order valence-corrected chi connectivity index (χ1v) is 8.45. The van der Waals surface area contributed by atoms with E-state index >= 15 is 0 Å². The summed E-state index contributed by atoms with van der Waals surface area (Å²) in [5, 5.41) is 11.5. The number of rotatable bonds is 9. The van der Waals surface area contributed by atoms with E-state index in [4.69, 9.17) is 10.8 Å². The lowest BCUT2D eigenvalue weighted by atomic mass is 9.88. The number of nitrogens with one attached hydrogen (secondary N) is 1. The molecule has 0 fully saturated rings. The van der Waals surface area contributed by atoms with Crippen molar-refractivity contribution in [3.8, 4) is 0 Å². The molecule has 0 bridgehead atoms. The van der Waals surface area contributed by atoms with Crippen LogP contribution in [-0.4, -0.2) is 50.6 Å². The molecule has 19 heavy (non-hydrogen) atoms. The van der Waals surface area contributed by atoms with E-state index in [2.05, 4.69) is 5.32 Å². The Kier molecular flexibility index (Phi) is 7.54. The number of carbonyl (C=O) groups excluding carboxylic acids is 1. The second-order valence-corrected chi connectivity index (χ2v) is 7.99. The van der Waals surface area contributed by atoms with Crippen LogP contribution in [0.5, 0.6) is 0 Å². The van der Waals surface area contributed by atoms with Gasteiger partial charge in [-0.15, -0.1) is 0 Å². The molecule has 1 unspecified atom stereocenters. The molecule has 7 heteroatoms. The number of nitrogens with two attached hydrogens (primary N) is 1. The van der Waals surface area contributed by atoms with Gasteiger partial charge in [0.1, 0.15) is 9.84 Å². The van der Waals surface area contributed by atoms with Gasteiger partial charge in [0, 0.05) is 19.4 Å². The largest absolute Gasteiger partial charge is 0.396 e. The fourth-order valence-electron chi connectivity index (χ4n) is 1.58. The maximum atomic E-state index is 11.7. The van der Waals surface area contributed by atoms with E-state index in [1.807, 2.05) is 13.8 Å². The molecular weight excluding hydrogens is 268 g/mol. The molecule has 0 aliphatic heterocycles. The molecule has 0 aromatic rings. The van der Waals surface area contributed by atoms with Crippen LogP contribution in [0.3, 0.4) is 0 Å². The highest BCUT2D eigenvalue weighted by Gasteiger charge is 2.21. The van der Waals surface area contributed by atoms with E-state index < -0.39 is 15.9 Å². The molecule has 1 atom stereocenters. The molecule has 0 saturated heterocycles. The van der Waals surface area contributed by atoms with Crippen LogP contribution in [-0.2, 0) is 14.6 Å². The predicted octanol–water partition coefficient (Wildman–Crippen LogP) is -0.337. The van der Waals surface area contributed by atoms with Gasteiger partial charge in [0.15, 0.2) is 0 Å². The maximum absolute atomic E-state index is 11.7. The van der Waals surface area contributed by atoms with Gasteiger partial charge in [0.25, 0.3) is 0 Å². The minimum absolute atomic E-state index is 0.0878. The fourth-order valence-corrected chi connectivity index (χ4v) is 2.26. The monoisotopic (exact) mass is 294 g/mol. The van der Waals surface area contributed by atoms with Crippen LogP contribution in [0.15, 0.2) is 0 Å². The van der Waals surface area contributed by atoms with Gasteiger partial charge >= 0.3 is 0 Å². The summed E-state index contributed by atoms with van der Waals surface area (Å²) in [6.07, 6.45) is 2.72. The summed E-state index contributed by atoms with van der Waals surface area (Å²) in [4.78, 5) is 11.7. The Morgan fingerprint density at radius 3 is 2.47 bits per heavy atom. The summed E-state index contributed by atoms with van der Waals surface area (Å²) in [7, 11) is -3.10. The molecule has 0 aliphatic rings. The van der Waals surface area contributed by atoms with Crippen LogP contribution in [0, 0.1) is 5.41 Å². The number of aliphatic hydroxyl groups is 1. The Morgan fingerprint density at radius 2 is 2.00 bits per heavy atom. The van der Waals surface area contributed by atoms with Crippen LogP contribution >= 0.6 is 0 Å². The molecule has 114 valence electrons. The van der Waals surface area contributed by atoms with Crippen LogP contribution in [0.2, 0.25) is 0 Å². The third kappa shape index (κ3) is 9.86. The number of sulfone groups is 1. The molecule has 0 radical (unpaired) electrons. The topological polar surface area (TPSA) is 109 Å². The van der Waals surface area contributed by atoms with Crippen LogP contribution in [0.1, 0.15) is 33.1 Å². The fraction of sp³-hybridized carbons (Fsp3) is 0.917. The molecule has 0 saturated carbocycles. The van der Waals surface area contributed by atoms with Crippen molar-refractivity contribution in [1.29, 1.82) is 0 Å². The molecule has 0 spiro atoms. The summed E-state index contributed by atoms with van der Waals surface area (Å²) in [6.45, 7) is 4.57. The lowest BCUT2D eigenvalue weighted by Gasteiger charge is -2.25. The predicted molar refractivity (Wildman–Crippen MR) is 75.4 cm³/mol. The SMILES string of the molecule is CC(C)(CCCO)CNC(=O)C(N)CCS(C)(=O)=O. The van der Waals surface area contributed by atoms with Crippen LogP contribution in [0.4, 0.5) is 0 Å². The van der Waals surface area contributed by atoms with E-state index in [1.54, 1.807) is 0 Å². The van der Waals surface area contributed by atoms with Gasteiger partial charge in [0.2, 0.25) is 5.91 Å². The highest BCUT2D eigenvalue weighted by atomic mass is 32.2. The zero-order valence-electron chi connectivity index (χ0n) is 12.0. The third-order valence-corrected chi connectivity index (χ3v) is 3.87. The molecule has 6 nitrogen and oxygen atoms in total. The van der Waals surface area contributed by atoms with E-state index in [1.165, 1.54) is 0 Å². The quantitative estimate of drug-likeness (QED) is 0.539. The molecule has 1 amide bonds. The summed E-state index contributed by atoms with van der Waals surface area (Å²) in [5.41, 5.74) is 5.52. The Labute approximate surface area is 115 Å². The van der Waals surface area contributed by atoms with Crippen molar-refractivity contribution in [2.45, 2.75) is 39.2 Å². The van der Waals surface area contributed by atoms with Crippen molar-refractivity contribution >= 4 is 15.7 Å². The maximum Gasteiger partial charge on any atom is 0.236 e. The van der Waals surface area contributed by atoms with Crippen molar-refractivity contribution < 1.29 is 18.3 Å². The van der Waals surface area contributed by atoms with Crippen LogP contribution < -0.4 is 11.1 Å². The standard InChI is InChI=1S/C12H26N2O4S/c1-12(2,6-4-7-15)9-14-11(16)10(13)5-8-19(3,17)18/h10,15H,4-9,13H2,1-3H3,(H,14,16). The Balaban J connectivity index is 4.09. The lowest BCUT2D eigenvalue weighted by Crippen LogP contribution is -2.44. The van der Waals surface area contributed by atoms with Gasteiger partial charge in [0.05, 0.1) is 11.8 Å². The van der Waals surface area contributed by atoms with Crippen molar-refractivity contribution in [2.75, 3.05) is 25.2 Å². The number of carbonyl (C=O) groups is 1. The number of aliphatic hydroxyl groups excluding tert-OH is 1. The highest BCUT2D eigenvalue weighted by Crippen LogP contribution is 2.20. The summed E-state index contributed by atoms with van der Waals surface area (Å²) < 4.78 is 22.0. The summed E-state index contributed by atoms with van der Waals surface area (Å²) >= 11 is 0. The molecule has 0 aromatic heterocycles. The number of hydrogen-bond acceptors (Lipinski definition) is 5. The van der Waals surface area contributed by atoms with Gasteiger partial charge in [-0.1, -0.05) is 13.8 Å². The second-order valence-electron chi connectivity index (χ2n) is 5.73. The van der Waals surface area contributed by atoms with Crippen molar-refractivity contribution in [1.82, 2.24) is 5.32 Å². The molecule has 4 N–H and O–H groups in total. The van der Waals surface area contributed by atoms with Gasteiger partial charge < -0.3 is 16.2 Å². The minimum atomic E-state index is -3.10. The molecule has 0 aliphatic carbocycles. The summed E-state index contributed by atoms with van der Waals surface area (Å²) in [5.74, 6) is -0.420. The van der Waals surface area contributed by atoms with Gasteiger partial charge in [-0.3, -0.25) is 4.79 Å². The Bertz CT molecular complexity index is 379.